The van der Waals surface area contributed by atoms with Crippen molar-refractivity contribution < 1.29 is 23.2 Å². The summed E-state index contributed by atoms with van der Waals surface area (Å²) in [5, 5.41) is 6.83. The molecule has 1 aliphatic rings. The topological polar surface area (TPSA) is 97.6 Å². The molecule has 1 N–H and O–H groups in total. The Kier molecular flexibility index (Phi) is 7.64. The molecule has 9 heteroatoms. The van der Waals surface area contributed by atoms with Crippen LogP contribution in [0.4, 0.5) is 10.1 Å². The molecule has 2 aromatic carbocycles. The number of benzene rings is 2. The molecule has 178 valence electrons. The highest BCUT2D eigenvalue weighted by Crippen LogP contribution is 2.30. The van der Waals surface area contributed by atoms with Gasteiger partial charge >= 0.3 is 0 Å². The van der Waals surface area contributed by atoms with E-state index in [1.807, 2.05) is 17.0 Å². The summed E-state index contributed by atoms with van der Waals surface area (Å²) in [6.07, 6.45) is 2.92. The predicted molar refractivity (Wildman–Crippen MR) is 122 cm³/mol. The van der Waals surface area contributed by atoms with Crippen LogP contribution in [0, 0.1) is 5.82 Å². The van der Waals surface area contributed by atoms with Gasteiger partial charge in [0, 0.05) is 19.2 Å². The summed E-state index contributed by atoms with van der Waals surface area (Å²) in [4.78, 5) is 30.5. The zero-order chi connectivity index (χ0) is 23.9. The highest BCUT2D eigenvalue weighted by atomic mass is 19.1. The minimum atomic E-state index is -0.293. The first-order valence-corrected chi connectivity index (χ1v) is 11.3. The van der Waals surface area contributed by atoms with Gasteiger partial charge in [-0.3, -0.25) is 9.59 Å². The minimum absolute atomic E-state index is 0.00381. The van der Waals surface area contributed by atoms with Gasteiger partial charge in [0.05, 0.1) is 19.1 Å². The van der Waals surface area contributed by atoms with Crippen molar-refractivity contribution in [2.75, 3.05) is 11.9 Å². The molecule has 2 heterocycles. The van der Waals surface area contributed by atoms with Gasteiger partial charge in [-0.05, 0) is 54.7 Å². The molecule has 1 atom stereocenters. The Balaban J connectivity index is 1.35. The first kappa shape index (κ1) is 23.6. The summed E-state index contributed by atoms with van der Waals surface area (Å²) in [6.45, 7) is 2.52. The van der Waals surface area contributed by atoms with E-state index in [-0.39, 0.29) is 36.7 Å². The van der Waals surface area contributed by atoms with Crippen molar-refractivity contribution in [2.24, 2.45) is 0 Å². The van der Waals surface area contributed by atoms with E-state index in [1.54, 1.807) is 24.3 Å². The number of anilines is 1. The molecule has 1 unspecified atom stereocenters. The number of nitrogens with zero attached hydrogens (tertiary/aromatic N) is 3. The number of carbonyl (C=O) groups excluding carboxylic acids is 2. The number of ether oxygens (including phenoxy) is 1. The van der Waals surface area contributed by atoms with E-state index in [0.717, 1.165) is 30.4 Å². The molecule has 2 amide bonds. The normalized spacial score (nSPS) is 15.8. The van der Waals surface area contributed by atoms with Gasteiger partial charge < -0.3 is 19.5 Å². The quantitative estimate of drug-likeness (QED) is 0.535. The van der Waals surface area contributed by atoms with Crippen molar-refractivity contribution in [1.82, 2.24) is 15.0 Å². The van der Waals surface area contributed by atoms with Crippen LogP contribution in [0.25, 0.3) is 0 Å². The van der Waals surface area contributed by atoms with Gasteiger partial charge in [0.25, 0.3) is 5.89 Å². The Morgan fingerprint density at radius 2 is 1.82 bits per heavy atom. The maximum Gasteiger partial charge on any atom is 0.252 e. The lowest BCUT2D eigenvalue weighted by Crippen LogP contribution is -2.39. The number of rotatable bonds is 8. The molecule has 0 spiro atoms. The van der Waals surface area contributed by atoms with Crippen molar-refractivity contribution in [3.05, 3.63) is 77.2 Å². The van der Waals surface area contributed by atoms with Crippen LogP contribution in [0.3, 0.4) is 0 Å². The number of carbonyl (C=O) groups is 2. The number of halogens is 1. The molecule has 1 saturated heterocycles. The fraction of sp³-hybridized carbons (Fsp3) is 0.360. The van der Waals surface area contributed by atoms with Gasteiger partial charge in [-0.2, -0.15) is 4.98 Å². The molecule has 1 aromatic heterocycles. The maximum atomic E-state index is 13.1. The van der Waals surface area contributed by atoms with Crippen LogP contribution < -0.4 is 5.32 Å². The average Bonchev–Trinajstić information content (AvgIpc) is 3.30. The second-order valence-corrected chi connectivity index (χ2v) is 8.32. The zero-order valence-electron chi connectivity index (χ0n) is 19.0. The van der Waals surface area contributed by atoms with Gasteiger partial charge in [-0.15, -0.1) is 0 Å². The SMILES string of the molecule is CC(=O)Nc1ccc(CC(=O)N2CCCCC2c2noc(COCc3ccc(F)cc3)n2)cc1. The molecule has 34 heavy (non-hydrogen) atoms. The van der Waals surface area contributed by atoms with E-state index in [1.165, 1.54) is 19.1 Å². The number of nitrogens with one attached hydrogen (secondary N) is 1. The molecule has 1 aliphatic heterocycles. The Morgan fingerprint density at radius 1 is 1.09 bits per heavy atom. The fourth-order valence-electron chi connectivity index (χ4n) is 3.98. The van der Waals surface area contributed by atoms with Crippen molar-refractivity contribution in [3.63, 3.8) is 0 Å². The van der Waals surface area contributed by atoms with E-state index in [0.29, 0.717) is 30.6 Å². The molecule has 0 bridgehead atoms. The average molecular weight is 467 g/mol. The van der Waals surface area contributed by atoms with Crippen LogP contribution in [0.2, 0.25) is 0 Å². The summed E-state index contributed by atoms with van der Waals surface area (Å²) in [6, 6.07) is 13.1. The lowest BCUT2D eigenvalue weighted by atomic mass is 10.00. The van der Waals surface area contributed by atoms with Crippen molar-refractivity contribution >= 4 is 17.5 Å². The standard InChI is InChI=1S/C25H27FN4O4/c1-17(31)27-21-11-7-18(8-12-21)14-24(32)30-13-3-2-4-22(30)25-28-23(34-29-25)16-33-15-19-5-9-20(26)10-6-19/h5-12,22H,2-4,13-16H2,1H3,(H,27,31). The molecular formula is C25H27FN4O4. The lowest BCUT2D eigenvalue weighted by molar-refractivity contribution is -0.134. The highest BCUT2D eigenvalue weighted by Gasteiger charge is 2.31. The fourth-order valence-corrected chi connectivity index (χ4v) is 3.98. The molecule has 4 rings (SSSR count). The second-order valence-electron chi connectivity index (χ2n) is 8.32. The number of likely N-dealkylation sites (tertiary alicyclic amines) is 1. The van der Waals surface area contributed by atoms with Gasteiger partial charge in [0.15, 0.2) is 5.82 Å². The molecule has 8 nitrogen and oxygen atoms in total. The third-order valence-electron chi connectivity index (χ3n) is 5.64. The molecule has 0 aliphatic carbocycles. The largest absolute Gasteiger partial charge is 0.367 e. The van der Waals surface area contributed by atoms with E-state index >= 15 is 0 Å². The first-order valence-electron chi connectivity index (χ1n) is 11.3. The number of aromatic nitrogens is 2. The van der Waals surface area contributed by atoms with E-state index in [4.69, 9.17) is 9.26 Å². The van der Waals surface area contributed by atoms with Crippen LogP contribution in [0.1, 0.15) is 55.1 Å². The Hall–Kier alpha value is -3.59. The highest BCUT2D eigenvalue weighted by molar-refractivity contribution is 5.88. The third kappa shape index (κ3) is 6.26. The van der Waals surface area contributed by atoms with Crippen LogP contribution in [-0.4, -0.2) is 33.4 Å². The molecule has 3 aromatic rings. The smallest absolute Gasteiger partial charge is 0.252 e. The van der Waals surface area contributed by atoms with Gasteiger partial charge in [0.1, 0.15) is 12.4 Å². The van der Waals surface area contributed by atoms with Gasteiger partial charge in [-0.1, -0.05) is 29.4 Å². The zero-order valence-corrected chi connectivity index (χ0v) is 19.0. The number of amides is 2. The maximum absolute atomic E-state index is 13.1. The molecule has 1 fully saturated rings. The predicted octanol–water partition coefficient (Wildman–Crippen LogP) is 4.18. The van der Waals surface area contributed by atoms with Crippen LogP contribution in [0.15, 0.2) is 53.1 Å². The molecule has 0 saturated carbocycles. The number of hydrogen-bond donors (Lipinski definition) is 1. The summed E-state index contributed by atoms with van der Waals surface area (Å²) in [5.74, 6) is 0.383. The van der Waals surface area contributed by atoms with Crippen LogP contribution in [-0.2, 0) is 34.0 Å². The monoisotopic (exact) mass is 466 g/mol. The summed E-state index contributed by atoms with van der Waals surface area (Å²) >= 11 is 0. The summed E-state index contributed by atoms with van der Waals surface area (Å²) < 4.78 is 24.0. The van der Waals surface area contributed by atoms with Gasteiger partial charge in [-0.25, -0.2) is 4.39 Å². The Morgan fingerprint density at radius 3 is 2.56 bits per heavy atom. The van der Waals surface area contributed by atoms with Crippen molar-refractivity contribution in [1.29, 1.82) is 0 Å². The number of piperidine rings is 1. The molecular weight excluding hydrogens is 439 g/mol. The van der Waals surface area contributed by atoms with E-state index in [9.17, 15) is 14.0 Å². The third-order valence-corrected chi connectivity index (χ3v) is 5.64. The van der Waals surface area contributed by atoms with Crippen LogP contribution >= 0.6 is 0 Å². The second kappa shape index (κ2) is 11.0. The van der Waals surface area contributed by atoms with Crippen molar-refractivity contribution in [2.45, 2.75) is 51.9 Å². The lowest BCUT2D eigenvalue weighted by Gasteiger charge is -2.34. The first-order chi connectivity index (χ1) is 16.5. The Labute approximate surface area is 197 Å². The molecule has 0 radical (unpaired) electrons. The van der Waals surface area contributed by atoms with E-state index < -0.39 is 0 Å². The number of hydrogen-bond acceptors (Lipinski definition) is 6. The van der Waals surface area contributed by atoms with Gasteiger partial charge in [0.2, 0.25) is 11.8 Å². The summed E-state index contributed by atoms with van der Waals surface area (Å²) in [5.41, 5.74) is 2.40. The van der Waals surface area contributed by atoms with Crippen molar-refractivity contribution in [3.8, 4) is 0 Å². The van der Waals surface area contributed by atoms with E-state index in [2.05, 4.69) is 15.5 Å². The minimum Gasteiger partial charge on any atom is -0.367 e. The summed E-state index contributed by atoms with van der Waals surface area (Å²) in [7, 11) is 0. The Bertz CT molecular complexity index is 1110. The van der Waals surface area contributed by atoms with Crippen LogP contribution in [0.5, 0.6) is 0 Å².